The van der Waals surface area contributed by atoms with E-state index in [9.17, 15) is 4.39 Å². The van der Waals surface area contributed by atoms with Gasteiger partial charge >= 0.3 is 0 Å². The first-order valence-corrected chi connectivity index (χ1v) is 13.1. The van der Waals surface area contributed by atoms with Crippen molar-refractivity contribution >= 4 is 28.5 Å². The number of aryl methyl sites for hydroxylation is 1. The fourth-order valence-corrected chi connectivity index (χ4v) is 5.23. The van der Waals surface area contributed by atoms with Crippen molar-refractivity contribution in [2.75, 3.05) is 0 Å². The van der Waals surface area contributed by atoms with Crippen molar-refractivity contribution in [1.82, 2.24) is 32.7 Å². The summed E-state index contributed by atoms with van der Waals surface area (Å²) in [6.07, 6.45) is 3.46. The van der Waals surface area contributed by atoms with Gasteiger partial charge in [0, 0.05) is 52.4 Å². The summed E-state index contributed by atoms with van der Waals surface area (Å²) in [5, 5.41) is 4.28. The number of nitrogens with one attached hydrogen (secondary N) is 1. The molecule has 7 nitrogen and oxygen atoms in total. The quantitative estimate of drug-likeness (QED) is 0.161. The van der Waals surface area contributed by atoms with Gasteiger partial charge in [0.1, 0.15) is 18.0 Å². The van der Waals surface area contributed by atoms with Crippen LogP contribution in [0, 0.1) is 12.7 Å². The fraction of sp³-hybridized carbons (Fsp3) is 0.103. The van der Waals surface area contributed by atoms with Crippen molar-refractivity contribution in [2.45, 2.75) is 20.0 Å². The lowest BCUT2D eigenvalue weighted by molar-refractivity contribution is 0.490. The second-order valence-electron chi connectivity index (χ2n) is 8.97. The van der Waals surface area contributed by atoms with Crippen LogP contribution in [-0.4, -0.2) is 32.7 Å². The molecule has 6 aromatic rings. The molecule has 4 aromatic heterocycles. The molecule has 9 heteroatoms. The molecule has 1 N–H and O–H groups in total. The molecule has 0 aliphatic carbocycles. The smallest absolute Gasteiger partial charge is 0.155 e. The van der Waals surface area contributed by atoms with Gasteiger partial charge in [-0.05, 0) is 48.4 Å². The number of aromatic nitrogens is 6. The Morgan fingerprint density at radius 3 is 2.55 bits per heavy atom. The predicted molar refractivity (Wildman–Crippen MR) is 154 cm³/mol. The van der Waals surface area contributed by atoms with E-state index in [1.54, 1.807) is 10.6 Å². The van der Waals surface area contributed by atoms with Crippen molar-refractivity contribution in [3.63, 3.8) is 0 Å². The molecule has 0 saturated heterocycles. The van der Waals surface area contributed by atoms with Crippen LogP contribution in [0.4, 0.5) is 4.39 Å². The van der Waals surface area contributed by atoms with E-state index < -0.39 is 0 Å². The molecule has 4 heterocycles. The van der Waals surface area contributed by atoms with Gasteiger partial charge in [-0.15, -0.1) is 0 Å². The summed E-state index contributed by atoms with van der Waals surface area (Å²) in [5.41, 5.74) is 7.60. The third kappa shape index (κ3) is 4.94. The van der Waals surface area contributed by atoms with Crippen LogP contribution in [-0.2, 0) is 13.1 Å². The van der Waals surface area contributed by atoms with Gasteiger partial charge in [0.05, 0.1) is 23.6 Å². The molecule has 0 radical (unpaired) electrons. The minimum absolute atomic E-state index is 0.227. The third-order valence-corrected chi connectivity index (χ3v) is 6.97. The van der Waals surface area contributed by atoms with E-state index in [0.717, 1.165) is 50.9 Å². The first-order valence-electron chi connectivity index (χ1n) is 12.1. The second-order valence-corrected chi connectivity index (χ2v) is 10.3. The normalized spacial score (nSPS) is 11.5. The van der Waals surface area contributed by atoms with Gasteiger partial charge in [-0.25, -0.2) is 22.0 Å². The molecule has 0 bridgehead atoms. The summed E-state index contributed by atoms with van der Waals surface area (Å²) in [6.45, 7) is 3.14. The molecular weight excluding hydrogens is 592 g/mol. The maximum Gasteiger partial charge on any atom is 0.155 e. The Labute approximate surface area is 232 Å². The Kier molecular flexibility index (Phi) is 6.69. The number of pyridine rings is 2. The number of aromatic amines is 1. The Morgan fingerprint density at radius 1 is 0.895 bits per heavy atom. The summed E-state index contributed by atoms with van der Waals surface area (Å²) >= 11 is 2.30. The van der Waals surface area contributed by atoms with E-state index in [0.29, 0.717) is 18.7 Å². The van der Waals surface area contributed by atoms with Gasteiger partial charge in [0.15, 0.2) is 5.65 Å². The number of hydrogen-bond donors (Lipinski definition) is 1. The van der Waals surface area contributed by atoms with Gasteiger partial charge < -0.3 is 4.98 Å². The van der Waals surface area contributed by atoms with E-state index in [4.69, 9.17) is 9.97 Å². The second kappa shape index (κ2) is 10.4. The molecule has 0 aliphatic heterocycles. The molecule has 38 heavy (non-hydrogen) atoms. The number of halogens is 2. The van der Waals surface area contributed by atoms with Crippen molar-refractivity contribution in [2.24, 2.45) is 0 Å². The van der Waals surface area contributed by atoms with E-state index in [2.05, 4.69) is 41.0 Å². The summed E-state index contributed by atoms with van der Waals surface area (Å²) in [7, 11) is 0. The van der Waals surface area contributed by atoms with E-state index in [1.807, 2.05) is 79.9 Å². The largest absolute Gasteiger partial charge is 0.339 e. The minimum Gasteiger partial charge on any atom is -0.339 e. The maximum atomic E-state index is 14.6. The minimum atomic E-state index is -0.227. The third-order valence-electron chi connectivity index (χ3n) is 6.29. The average molecular weight is 615 g/mol. The summed E-state index contributed by atoms with van der Waals surface area (Å²) < 4.78 is 18.4. The van der Waals surface area contributed by atoms with Crippen LogP contribution >= 0.6 is 22.9 Å². The SMILES string of the molecule is Cc1cccc(-c2[nH]c(CN(I)Cc3ccccc3-c3ccccc3F)nc2-c2ccc3ncnn3c2)n1. The Bertz CT molecular complexity index is 1740. The fourth-order valence-electron chi connectivity index (χ4n) is 4.53. The van der Waals surface area contributed by atoms with Crippen LogP contribution in [0.25, 0.3) is 39.4 Å². The highest BCUT2D eigenvalue weighted by Gasteiger charge is 2.18. The zero-order valence-electron chi connectivity index (χ0n) is 20.5. The van der Waals surface area contributed by atoms with Crippen LogP contribution in [0.1, 0.15) is 17.1 Å². The monoisotopic (exact) mass is 615 g/mol. The zero-order valence-corrected chi connectivity index (χ0v) is 22.7. The number of rotatable bonds is 7. The number of imidazole rings is 1. The van der Waals surface area contributed by atoms with Crippen molar-refractivity contribution < 1.29 is 4.39 Å². The number of benzene rings is 2. The Balaban J connectivity index is 1.33. The summed E-state index contributed by atoms with van der Waals surface area (Å²) in [5.74, 6) is 0.574. The van der Waals surface area contributed by atoms with Crippen molar-refractivity contribution in [1.29, 1.82) is 0 Å². The first kappa shape index (κ1) is 24.4. The van der Waals surface area contributed by atoms with Gasteiger partial charge in [0.25, 0.3) is 0 Å². The molecule has 0 atom stereocenters. The molecule has 0 amide bonds. The number of fused-ring (bicyclic) bond motifs is 1. The summed E-state index contributed by atoms with van der Waals surface area (Å²) in [6, 6.07) is 24.7. The lowest BCUT2D eigenvalue weighted by Gasteiger charge is -2.16. The standard InChI is InChI=1S/C29H23FIN7/c1-19-7-6-12-25(34-19)29-28(21-13-14-27-32-18-33-38(27)16-21)35-26(36-29)17-37(31)15-20-8-2-3-9-22(20)23-10-4-5-11-24(23)30/h2-14,16,18H,15,17H2,1H3,(H,35,36). The van der Waals surface area contributed by atoms with Crippen molar-refractivity contribution in [3.8, 4) is 33.8 Å². The maximum absolute atomic E-state index is 14.6. The molecule has 0 spiro atoms. The van der Waals surface area contributed by atoms with E-state index in [-0.39, 0.29) is 5.82 Å². The van der Waals surface area contributed by atoms with Crippen LogP contribution in [0.3, 0.4) is 0 Å². The number of H-pyrrole nitrogens is 1. The van der Waals surface area contributed by atoms with E-state index >= 15 is 0 Å². The Morgan fingerprint density at radius 2 is 1.71 bits per heavy atom. The van der Waals surface area contributed by atoms with Crippen LogP contribution in [0.2, 0.25) is 0 Å². The highest BCUT2D eigenvalue weighted by atomic mass is 127. The average Bonchev–Trinajstić information content (AvgIpc) is 3.56. The number of nitrogens with zero attached hydrogens (tertiary/aromatic N) is 6. The topological polar surface area (TPSA) is 75.0 Å². The van der Waals surface area contributed by atoms with Gasteiger partial charge in [-0.2, -0.15) is 5.10 Å². The molecule has 2 aromatic carbocycles. The Hall–Kier alpha value is -3.96. The highest BCUT2D eigenvalue weighted by molar-refractivity contribution is 14.1. The number of hydrogen-bond acceptors (Lipinski definition) is 5. The van der Waals surface area contributed by atoms with Crippen LogP contribution in [0.15, 0.2) is 91.4 Å². The lowest BCUT2D eigenvalue weighted by atomic mass is 9.99. The molecule has 188 valence electrons. The lowest BCUT2D eigenvalue weighted by Crippen LogP contribution is -2.12. The van der Waals surface area contributed by atoms with E-state index in [1.165, 1.54) is 12.4 Å². The molecule has 0 aliphatic rings. The molecule has 0 saturated carbocycles. The van der Waals surface area contributed by atoms with Crippen molar-refractivity contribution in [3.05, 3.63) is 114 Å². The molecule has 6 rings (SSSR count). The van der Waals surface area contributed by atoms with Crippen LogP contribution < -0.4 is 0 Å². The van der Waals surface area contributed by atoms with Gasteiger partial charge in [-0.3, -0.25) is 4.98 Å². The summed E-state index contributed by atoms with van der Waals surface area (Å²) in [4.78, 5) is 17.5. The molecule has 0 unspecified atom stereocenters. The van der Waals surface area contributed by atoms with Crippen LogP contribution in [0.5, 0.6) is 0 Å². The van der Waals surface area contributed by atoms with Gasteiger partial charge in [-0.1, -0.05) is 48.5 Å². The first-order chi connectivity index (χ1) is 18.5. The highest BCUT2D eigenvalue weighted by Crippen LogP contribution is 2.31. The zero-order chi connectivity index (χ0) is 26.1. The molecule has 0 fully saturated rings. The van der Waals surface area contributed by atoms with Gasteiger partial charge in [0.2, 0.25) is 0 Å². The molecular formula is C29H23FIN7. The predicted octanol–water partition coefficient (Wildman–Crippen LogP) is 6.65.